The minimum absolute atomic E-state index is 0.117. The lowest BCUT2D eigenvalue weighted by molar-refractivity contribution is -0.133. The molecule has 17 heavy (non-hydrogen) atoms. The van der Waals surface area contributed by atoms with E-state index in [1.807, 2.05) is 18.2 Å². The van der Waals surface area contributed by atoms with E-state index in [-0.39, 0.29) is 4.83 Å². The molecule has 1 aliphatic heterocycles. The van der Waals surface area contributed by atoms with Crippen molar-refractivity contribution in [3.05, 3.63) is 47.5 Å². The number of nitrogens with zero attached hydrogens (tertiary/aromatic N) is 1. The first kappa shape index (κ1) is 12.3. The van der Waals surface area contributed by atoms with Crippen molar-refractivity contribution >= 4 is 21.9 Å². The van der Waals surface area contributed by atoms with Crippen molar-refractivity contribution in [3.8, 4) is 0 Å². The molecule has 1 N–H and O–H groups in total. The van der Waals surface area contributed by atoms with Crippen LogP contribution in [0.1, 0.15) is 5.56 Å². The summed E-state index contributed by atoms with van der Waals surface area (Å²) < 4.78 is 0. The van der Waals surface area contributed by atoms with Crippen LogP contribution in [0.4, 0.5) is 0 Å². The smallest absolute Gasteiger partial charge is 0.332 e. The molecule has 1 aliphatic rings. The van der Waals surface area contributed by atoms with Gasteiger partial charge in [0.1, 0.15) is 0 Å². The van der Waals surface area contributed by atoms with Crippen LogP contribution < -0.4 is 0 Å². The van der Waals surface area contributed by atoms with E-state index >= 15 is 0 Å². The summed E-state index contributed by atoms with van der Waals surface area (Å²) in [5.74, 6) is -0.827. The monoisotopic (exact) mass is 295 g/mol. The number of alkyl halides is 1. The zero-order valence-electron chi connectivity index (χ0n) is 9.34. The summed E-state index contributed by atoms with van der Waals surface area (Å²) in [5, 5.41) is 9.02. The zero-order chi connectivity index (χ0) is 12.3. The lowest BCUT2D eigenvalue weighted by atomic mass is 10.1. The summed E-state index contributed by atoms with van der Waals surface area (Å²) in [7, 11) is 0. The van der Waals surface area contributed by atoms with Crippen molar-refractivity contribution in [2.45, 2.75) is 11.4 Å². The van der Waals surface area contributed by atoms with Crippen LogP contribution >= 0.6 is 15.9 Å². The molecule has 1 aromatic rings. The van der Waals surface area contributed by atoms with Crippen molar-refractivity contribution in [3.63, 3.8) is 0 Å². The maximum absolute atomic E-state index is 11.0. The van der Waals surface area contributed by atoms with E-state index in [1.165, 1.54) is 5.56 Å². The van der Waals surface area contributed by atoms with Crippen LogP contribution in [-0.2, 0) is 11.3 Å². The van der Waals surface area contributed by atoms with Gasteiger partial charge in [0.25, 0.3) is 0 Å². The predicted molar refractivity (Wildman–Crippen MR) is 70.2 cm³/mol. The molecule has 2 rings (SSSR count). The molecule has 0 aliphatic carbocycles. The Morgan fingerprint density at radius 3 is 2.76 bits per heavy atom. The van der Waals surface area contributed by atoms with E-state index in [9.17, 15) is 4.79 Å². The summed E-state index contributed by atoms with van der Waals surface area (Å²) in [4.78, 5) is 13.2. The molecule has 0 saturated carbocycles. The maximum Gasteiger partial charge on any atom is 0.332 e. The van der Waals surface area contributed by atoms with Gasteiger partial charge in [-0.25, -0.2) is 4.79 Å². The number of hydrogen-bond acceptors (Lipinski definition) is 2. The first-order valence-corrected chi connectivity index (χ1v) is 6.41. The lowest BCUT2D eigenvalue weighted by Crippen LogP contribution is -2.36. The molecule has 0 aromatic heterocycles. The molecule has 1 atom stereocenters. The Morgan fingerprint density at radius 2 is 2.12 bits per heavy atom. The SMILES string of the molecule is O=C(O)C1=CC(Br)CN(Cc2ccccc2)C1. The molecule has 0 bridgehead atoms. The van der Waals surface area contributed by atoms with Gasteiger partial charge in [0.2, 0.25) is 0 Å². The third-order valence-electron chi connectivity index (χ3n) is 2.73. The van der Waals surface area contributed by atoms with Crippen molar-refractivity contribution in [2.75, 3.05) is 13.1 Å². The molecule has 1 heterocycles. The van der Waals surface area contributed by atoms with E-state index < -0.39 is 5.97 Å². The number of carboxylic acid groups (broad SMARTS) is 1. The normalized spacial score (nSPS) is 21.0. The van der Waals surface area contributed by atoms with Gasteiger partial charge in [0.05, 0.1) is 0 Å². The zero-order valence-corrected chi connectivity index (χ0v) is 10.9. The highest BCUT2D eigenvalue weighted by Crippen LogP contribution is 2.18. The van der Waals surface area contributed by atoms with Gasteiger partial charge in [-0.05, 0) is 5.56 Å². The fourth-order valence-electron chi connectivity index (χ4n) is 1.98. The quantitative estimate of drug-likeness (QED) is 0.870. The summed E-state index contributed by atoms with van der Waals surface area (Å²) in [6.45, 7) is 2.13. The Hall–Kier alpha value is -1.13. The van der Waals surface area contributed by atoms with Crippen molar-refractivity contribution < 1.29 is 9.90 Å². The Kier molecular flexibility index (Phi) is 3.97. The van der Waals surface area contributed by atoms with Crippen LogP contribution in [0.3, 0.4) is 0 Å². The fourth-order valence-corrected chi connectivity index (χ4v) is 2.71. The largest absolute Gasteiger partial charge is 0.478 e. The molecule has 0 amide bonds. The van der Waals surface area contributed by atoms with Crippen LogP contribution in [-0.4, -0.2) is 33.9 Å². The average molecular weight is 296 g/mol. The summed E-state index contributed by atoms with van der Waals surface area (Å²) in [6, 6.07) is 10.1. The minimum atomic E-state index is -0.827. The molecule has 1 unspecified atom stereocenters. The van der Waals surface area contributed by atoms with Gasteiger partial charge in [0, 0.05) is 30.0 Å². The number of benzene rings is 1. The first-order chi connectivity index (χ1) is 8.15. The number of aliphatic carboxylic acids is 1. The van der Waals surface area contributed by atoms with Gasteiger partial charge in [-0.2, -0.15) is 0 Å². The van der Waals surface area contributed by atoms with E-state index in [2.05, 4.69) is 33.0 Å². The van der Waals surface area contributed by atoms with E-state index in [0.29, 0.717) is 12.1 Å². The Balaban J connectivity index is 2.04. The average Bonchev–Trinajstić information content (AvgIpc) is 2.29. The molecule has 0 spiro atoms. The van der Waals surface area contributed by atoms with Crippen LogP contribution in [0.2, 0.25) is 0 Å². The number of hydrogen-bond donors (Lipinski definition) is 1. The van der Waals surface area contributed by atoms with Gasteiger partial charge >= 0.3 is 5.97 Å². The number of rotatable bonds is 3. The standard InChI is InChI=1S/C13H14BrNO2/c14-12-6-11(13(16)17)8-15(9-12)7-10-4-2-1-3-5-10/h1-6,12H,7-9H2,(H,16,17). The van der Waals surface area contributed by atoms with E-state index in [1.54, 1.807) is 6.08 Å². The van der Waals surface area contributed by atoms with Crippen molar-refractivity contribution in [1.29, 1.82) is 0 Å². The van der Waals surface area contributed by atoms with Crippen LogP contribution in [0.25, 0.3) is 0 Å². The summed E-state index contributed by atoms with van der Waals surface area (Å²) >= 11 is 3.47. The van der Waals surface area contributed by atoms with Crippen molar-refractivity contribution in [2.24, 2.45) is 0 Å². The second kappa shape index (κ2) is 5.47. The highest BCUT2D eigenvalue weighted by molar-refractivity contribution is 9.09. The third kappa shape index (κ3) is 3.41. The molecule has 0 fully saturated rings. The summed E-state index contributed by atoms with van der Waals surface area (Å²) in [6.07, 6.45) is 1.78. The van der Waals surface area contributed by atoms with Gasteiger partial charge in [-0.15, -0.1) is 0 Å². The Labute approximate surface area is 109 Å². The second-order valence-corrected chi connectivity index (χ2v) is 5.34. The number of carboxylic acids is 1. The molecule has 4 heteroatoms. The Morgan fingerprint density at radius 1 is 1.41 bits per heavy atom. The van der Waals surface area contributed by atoms with Gasteiger partial charge in [-0.1, -0.05) is 52.3 Å². The lowest BCUT2D eigenvalue weighted by Gasteiger charge is -2.28. The van der Waals surface area contributed by atoms with Gasteiger partial charge in [0.15, 0.2) is 0 Å². The van der Waals surface area contributed by atoms with Crippen molar-refractivity contribution in [1.82, 2.24) is 4.90 Å². The molecular weight excluding hydrogens is 282 g/mol. The number of carbonyl (C=O) groups is 1. The molecule has 0 radical (unpaired) electrons. The highest BCUT2D eigenvalue weighted by Gasteiger charge is 2.22. The van der Waals surface area contributed by atoms with Gasteiger partial charge < -0.3 is 5.11 Å². The van der Waals surface area contributed by atoms with Gasteiger partial charge in [-0.3, -0.25) is 4.90 Å². The predicted octanol–water partition coefficient (Wildman–Crippen LogP) is 2.28. The molecular formula is C13H14BrNO2. The van der Waals surface area contributed by atoms with Crippen LogP contribution in [0.15, 0.2) is 42.0 Å². The highest BCUT2D eigenvalue weighted by atomic mass is 79.9. The first-order valence-electron chi connectivity index (χ1n) is 5.49. The third-order valence-corrected chi connectivity index (χ3v) is 3.29. The topological polar surface area (TPSA) is 40.5 Å². The molecule has 0 saturated heterocycles. The molecule has 1 aromatic carbocycles. The van der Waals surface area contributed by atoms with Crippen LogP contribution in [0, 0.1) is 0 Å². The number of halogens is 1. The molecule has 90 valence electrons. The second-order valence-electron chi connectivity index (χ2n) is 4.17. The fraction of sp³-hybridized carbons (Fsp3) is 0.308. The molecule has 3 nitrogen and oxygen atoms in total. The van der Waals surface area contributed by atoms with Crippen LogP contribution in [0.5, 0.6) is 0 Å². The minimum Gasteiger partial charge on any atom is -0.478 e. The summed E-state index contributed by atoms with van der Waals surface area (Å²) in [5.41, 5.74) is 1.67. The van der Waals surface area contributed by atoms with E-state index in [0.717, 1.165) is 13.1 Å². The Bertz CT molecular complexity index is 430. The maximum atomic E-state index is 11.0. The van der Waals surface area contributed by atoms with E-state index in [4.69, 9.17) is 5.11 Å².